The Labute approximate surface area is 274 Å². The van der Waals surface area contributed by atoms with Gasteiger partial charge in [0.05, 0.1) is 5.56 Å². The molecule has 0 fully saturated rings. The smallest absolute Gasteiger partial charge is 0.324 e. The quantitative estimate of drug-likeness (QED) is 0.171. The number of H-pyrrole nitrogens is 1. The maximum atomic E-state index is 15.2. The number of hydrogen-bond donors (Lipinski definition) is 1. The largest absolute Gasteiger partial charge is 0.417 e. The van der Waals surface area contributed by atoms with E-state index in [-0.39, 0.29) is 72.6 Å². The number of nitrogens with one attached hydrogen (secondary N) is 1. The van der Waals surface area contributed by atoms with Crippen molar-refractivity contribution in [2.24, 2.45) is 0 Å². The van der Waals surface area contributed by atoms with Crippen LogP contribution < -0.4 is 0 Å². The van der Waals surface area contributed by atoms with E-state index in [2.05, 4.69) is 34.9 Å². The standard InChI is InChI=1S/C33H16F8N8S/c34-33(35,36)23-15-7-14-22-24(23)30-45-26-17-9-2-4-11-19(17)28(43-26)48-32-21-13-6-5-12-20(21)31(49(32)50(37,38,39,40)41)47-27-18-10-3-1-8-16(18)25(42-27)44-29(22)46-30/h1-15H,(H,42,43,44,45,46,47,48). The summed E-state index contributed by atoms with van der Waals surface area (Å²) >= 11 is 0. The topological polar surface area (TPSA) is 98.1 Å². The average molecular weight is 709 g/mol. The number of aromatic nitrogens is 8. The highest BCUT2D eigenvalue weighted by Gasteiger charge is 2.67. The third-order valence-corrected chi connectivity index (χ3v) is 9.37. The van der Waals surface area contributed by atoms with E-state index in [0.717, 1.165) is 6.07 Å². The van der Waals surface area contributed by atoms with Gasteiger partial charge in [-0.05, 0) is 6.07 Å². The van der Waals surface area contributed by atoms with Gasteiger partial charge < -0.3 is 4.98 Å². The fourth-order valence-electron chi connectivity index (χ4n) is 6.33. The van der Waals surface area contributed by atoms with Crippen molar-refractivity contribution in [3.05, 3.63) is 96.6 Å². The lowest BCUT2D eigenvalue weighted by molar-refractivity contribution is -0.136. The Kier molecular flexibility index (Phi) is 5.53. The van der Waals surface area contributed by atoms with Gasteiger partial charge >= 0.3 is 16.6 Å². The normalized spacial score (nSPS) is 14.3. The minimum absolute atomic E-state index is 0.0132. The summed E-state index contributed by atoms with van der Waals surface area (Å²) in [5.74, 6) is -1.19. The summed E-state index contributed by atoms with van der Waals surface area (Å²) in [6.45, 7) is 0. The van der Waals surface area contributed by atoms with Crippen molar-refractivity contribution in [1.82, 2.24) is 38.9 Å². The molecule has 0 unspecified atom stereocenters. The van der Waals surface area contributed by atoms with Crippen LogP contribution in [0.1, 0.15) is 5.56 Å². The molecule has 5 heterocycles. The van der Waals surface area contributed by atoms with Crippen LogP contribution in [0.3, 0.4) is 0 Å². The van der Waals surface area contributed by atoms with Crippen LogP contribution in [-0.2, 0) is 6.18 Å². The van der Waals surface area contributed by atoms with Gasteiger partial charge in [0.1, 0.15) is 11.3 Å². The molecular formula is C33H16F8N8S. The van der Waals surface area contributed by atoms with E-state index in [1.807, 2.05) is 0 Å². The highest BCUT2D eigenvalue weighted by atomic mass is 32.5. The second kappa shape index (κ2) is 9.17. The van der Waals surface area contributed by atoms with Gasteiger partial charge in [-0.2, -0.15) is 17.1 Å². The maximum absolute atomic E-state index is 15.2. The van der Waals surface area contributed by atoms with Gasteiger partial charge in [0, 0.05) is 43.8 Å². The Bertz CT molecular complexity index is 2810. The van der Waals surface area contributed by atoms with Crippen molar-refractivity contribution in [3.8, 4) is 45.6 Å². The minimum Gasteiger partial charge on any atom is -0.324 e. The zero-order chi connectivity index (χ0) is 34.9. The first-order valence-electron chi connectivity index (χ1n) is 14.6. The molecule has 2 aliphatic heterocycles. The molecule has 0 saturated carbocycles. The van der Waals surface area contributed by atoms with Crippen LogP contribution in [0.15, 0.2) is 91.0 Å². The van der Waals surface area contributed by atoms with Gasteiger partial charge in [0.25, 0.3) is 0 Å². The molecule has 8 nitrogen and oxygen atoms in total. The van der Waals surface area contributed by atoms with Crippen molar-refractivity contribution in [3.63, 3.8) is 0 Å². The lowest BCUT2D eigenvalue weighted by Crippen LogP contribution is -2.18. The monoisotopic (exact) mass is 708 g/mol. The lowest BCUT2D eigenvalue weighted by atomic mass is 10.1. The van der Waals surface area contributed by atoms with Crippen molar-refractivity contribution < 1.29 is 32.6 Å². The molecule has 0 saturated heterocycles. The first kappa shape index (κ1) is 30.1. The van der Waals surface area contributed by atoms with Crippen molar-refractivity contribution >= 4 is 54.5 Å². The molecule has 7 aromatic rings. The molecule has 0 atom stereocenters. The molecule has 8 bridgehead atoms. The third kappa shape index (κ3) is 4.53. The number of hydrogen-bond acceptors (Lipinski definition) is 6. The summed E-state index contributed by atoms with van der Waals surface area (Å²) in [5, 5.41) is -0.947. The summed E-state index contributed by atoms with van der Waals surface area (Å²) in [5.41, 5.74) is -3.13. The molecular weight excluding hydrogens is 692 g/mol. The highest BCUT2D eigenvalue weighted by Crippen LogP contribution is 2.98. The number of nitrogens with zero attached hydrogens (tertiary/aromatic N) is 7. The van der Waals surface area contributed by atoms with Crippen LogP contribution in [0, 0.1) is 0 Å². The first-order chi connectivity index (χ1) is 23.5. The highest BCUT2D eigenvalue weighted by molar-refractivity contribution is 8.44. The summed E-state index contributed by atoms with van der Waals surface area (Å²) in [6, 6.07) is 20.7. The summed E-state index contributed by atoms with van der Waals surface area (Å²) < 4.78 is 118. The Balaban J connectivity index is 1.58. The van der Waals surface area contributed by atoms with Crippen LogP contribution in [0.2, 0.25) is 0 Å². The molecule has 0 aliphatic carbocycles. The van der Waals surface area contributed by atoms with Crippen LogP contribution in [0.5, 0.6) is 0 Å². The Hall–Kier alpha value is -5.97. The third-order valence-electron chi connectivity index (χ3n) is 8.34. The van der Waals surface area contributed by atoms with Gasteiger partial charge in [-0.1, -0.05) is 104 Å². The van der Waals surface area contributed by atoms with Crippen LogP contribution in [0.4, 0.5) is 32.6 Å². The van der Waals surface area contributed by atoms with Crippen LogP contribution in [-0.4, -0.2) is 38.9 Å². The van der Waals surface area contributed by atoms with E-state index < -0.39 is 43.2 Å². The minimum atomic E-state index is -10.7. The molecule has 1 N–H and O–H groups in total. The SMILES string of the molecule is FC(F)(F)c1cccc2c3nc4nc(nc5c6ccccc6c(nc6nc(nc([nH]3)c12)-c1ccccc1-6)n5S(F)(F)(F)(F)F)-c1ccccc1-4. The summed E-state index contributed by atoms with van der Waals surface area (Å²) in [4.78, 5) is 28.6. The molecule has 2 aliphatic rings. The van der Waals surface area contributed by atoms with E-state index in [4.69, 9.17) is 0 Å². The van der Waals surface area contributed by atoms with Gasteiger partial charge in [0.2, 0.25) is 0 Å². The predicted octanol–water partition coefficient (Wildman–Crippen LogP) is 10.4. The second-order valence-corrected chi connectivity index (χ2v) is 13.7. The summed E-state index contributed by atoms with van der Waals surface area (Å²) in [7, 11) is -10.7. The molecule has 0 amide bonds. The molecule has 0 spiro atoms. The van der Waals surface area contributed by atoms with Gasteiger partial charge in [-0.15, -0.1) is 0 Å². The van der Waals surface area contributed by atoms with Gasteiger partial charge in [0.15, 0.2) is 34.6 Å². The fourth-order valence-corrected chi connectivity index (χ4v) is 7.26. The van der Waals surface area contributed by atoms with Crippen LogP contribution >= 0.6 is 10.4 Å². The molecule has 0 radical (unpaired) electrons. The molecule has 9 rings (SSSR count). The molecule has 50 heavy (non-hydrogen) atoms. The molecule has 17 heteroatoms. The second-order valence-electron chi connectivity index (χ2n) is 11.5. The number of alkyl halides is 3. The lowest BCUT2D eigenvalue weighted by Gasteiger charge is -2.41. The van der Waals surface area contributed by atoms with Gasteiger partial charge in [-0.3, -0.25) is 0 Å². The maximum Gasteiger partial charge on any atom is 0.417 e. The average Bonchev–Trinajstić information content (AvgIpc) is 3.78. The zero-order valence-electron chi connectivity index (χ0n) is 24.7. The zero-order valence-corrected chi connectivity index (χ0v) is 25.5. The van der Waals surface area contributed by atoms with E-state index in [1.165, 1.54) is 72.8 Å². The van der Waals surface area contributed by atoms with Crippen molar-refractivity contribution in [1.29, 1.82) is 0 Å². The number of rotatable bonds is 1. The van der Waals surface area contributed by atoms with Gasteiger partial charge in [-0.25, -0.2) is 29.9 Å². The van der Waals surface area contributed by atoms with E-state index in [9.17, 15) is 13.2 Å². The molecule has 3 aromatic heterocycles. The van der Waals surface area contributed by atoms with Crippen molar-refractivity contribution in [2.45, 2.75) is 6.18 Å². The van der Waals surface area contributed by atoms with Crippen molar-refractivity contribution in [2.75, 3.05) is 0 Å². The number of aromatic amines is 1. The van der Waals surface area contributed by atoms with Crippen LogP contribution in [0.25, 0.3) is 89.7 Å². The Morgan fingerprint density at radius 1 is 0.480 bits per heavy atom. The number of halogens is 8. The predicted molar refractivity (Wildman–Crippen MR) is 173 cm³/mol. The van der Waals surface area contributed by atoms with E-state index in [1.54, 1.807) is 12.1 Å². The fraction of sp³-hybridized carbons (Fsp3) is 0.0303. The molecule has 4 aromatic carbocycles. The summed E-state index contributed by atoms with van der Waals surface area (Å²) in [6.07, 6.45) is -4.82. The molecule has 250 valence electrons. The van der Waals surface area contributed by atoms with E-state index >= 15 is 19.4 Å². The van der Waals surface area contributed by atoms with E-state index in [0.29, 0.717) is 0 Å². The Morgan fingerprint density at radius 3 is 1.36 bits per heavy atom. The first-order valence-corrected chi connectivity index (χ1v) is 16.5. The Morgan fingerprint density at radius 2 is 0.900 bits per heavy atom. The number of fused-ring (bicyclic) bond motifs is 20. The number of benzene rings is 4.